The maximum Gasteiger partial charge on any atom is 0.146 e. The van der Waals surface area contributed by atoms with Crippen LogP contribution in [-0.2, 0) is 6.54 Å². The highest BCUT2D eigenvalue weighted by atomic mass is 32.1. The summed E-state index contributed by atoms with van der Waals surface area (Å²) in [5, 5.41) is 15.5. The molecule has 3 rings (SSSR count). The first-order valence-corrected chi connectivity index (χ1v) is 7.93. The Balaban J connectivity index is 1.74. The van der Waals surface area contributed by atoms with Crippen molar-refractivity contribution >= 4 is 27.4 Å². The molecule has 20 heavy (non-hydrogen) atoms. The highest BCUT2D eigenvalue weighted by Crippen LogP contribution is 2.25. The smallest absolute Gasteiger partial charge is 0.146 e. The van der Waals surface area contributed by atoms with Crippen LogP contribution in [0.15, 0.2) is 11.4 Å². The van der Waals surface area contributed by atoms with Crippen molar-refractivity contribution < 1.29 is 5.11 Å². The predicted molar refractivity (Wildman–Crippen MR) is 82.0 cm³/mol. The summed E-state index contributed by atoms with van der Waals surface area (Å²) in [5.41, 5.74) is 0. The molecular formula is C14H20N4OS. The quantitative estimate of drug-likeness (QED) is 0.902. The summed E-state index contributed by atoms with van der Waals surface area (Å²) in [6, 6.07) is 2.06. The number of piperidine rings is 1. The molecule has 5 nitrogen and oxygen atoms in total. The van der Waals surface area contributed by atoms with E-state index < -0.39 is 0 Å². The van der Waals surface area contributed by atoms with Gasteiger partial charge < -0.3 is 10.4 Å². The normalized spacial score (nSPS) is 17.7. The lowest BCUT2D eigenvalue weighted by Crippen LogP contribution is -2.34. The summed E-state index contributed by atoms with van der Waals surface area (Å²) < 4.78 is 0. The van der Waals surface area contributed by atoms with Crippen LogP contribution in [-0.4, -0.2) is 46.7 Å². The highest BCUT2D eigenvalue weighted by molar-refractivity contribution is 7.16. The number of aromatic nitrogens is 2. The topological polar surface area (TPSA) is 61.3 Å². The number of thiophene rings is 1. The molecule has 0 atom stereocenters. The number of aliphatic hydroxyl groups excluding tert-OH is 1. The van der Waals surface area contributed by atoms with Gasteiger partial charge in [0.1, 0.15) is 16.5 Å². The SMILES string of the molecule is CNc1nc(CN2CCC(CO)CC2)nc2sccc12. The number of rotatable bonds is 4. The molecule has 0 spiro atoms. The van der Waals surface area contributed by atoms with Crippen LogP contribution in [0.5, 0.6) is 0 Å². The lowest BCUT2D eigenvalue weighted by atomic mass is 9.98. The molecule has 2 N–H and O–H groups in total. The zero-order valence-corrected chi connectivity index (χ0v) is 12.5. The van der Waals surface area contributed by atoms with E-state index in [0.29, 0.717) is 12.5 Å². The van der Waals surface area contributed by atoms with Crippen molar-refractivity contribution in [2.75, 3.05) is 32.1 Å². The third-order valence-electron chi connectivity index (χ3n) is 3.94. The van der Waals surface area contributed by atoms with E-state index in [1.54, 1.807) is 11.3 Å². The lowest BCUT2D eigenvalue weighted by molar-refractivity contribution is 0.125. The fourth-order valence-electron chi connectivity index (χ4n) is 2.69. The Morgan fingerprint density at radius 2 is 2.20 bits per heavy atom. The standard InChI is InChI=1S/C14H20N4OS/c1-15-13-11-4-7-20-14(11)17-12(16-13)8-18-5-2-10(9-19)3-6-18/h4,7,10,19H,2-3,5-6,8-9H2,1H3,(H,15,16,17). The average Bonchev–Trinajstić information content (AvgIpc) is 2.95. The summed E-state index contributed by atoms with van der Waals surface area (Å²) in [4.78, 5) is 12.7. The third kappa shape index (κ3) is 2.77. The van der Waals surface area contributed by atoms with Crippen molar-refractivity contribution in [1.82, 2.24) is 14.9 Å². The molecule has 0 saturated carbocycles. The van der Waals surface area contributed by atoms with E-state index >= 15 is 0 Å². The second kappa shape index (κ2) is 6.03. The van der Waals surface area contributed by atoms with Crippen molar-refractivity contribution in [1.29, 1.82) is 0 Å². The van der Waals surface area contributed by atoms with Gasteiger partial charge in [0.25, 0.3) is 0 Å². The molecule has 6 heteroatoms. The van der Waals surface area contributed by atoms with Gasteiger partial charge in [0.2, 0.25) is 0 Å². The van der Waals surface area contributed by atoms with Crippen molar-refractivity contribution in [3.63, 3.8) is 0 Å². The molecule has 0 aliphatic carbocycles. The number of hydrogen-bond acceptors (Lipinski definition) is 6. The zero-order chi connectivity index (χ0) is 13.9. The van der Waals surface area contributed by atoms with Gasteiger partial charge >= 0.3 is 0 Å². The average molecular weight is 292 g/mol. The molecule has 0 amide bonds. The van der Waals surface area contributed by atoms with E-state index in [1.807, 2.05) is 7.05 Å². The van der Waals surface area contributed by atoms with E-state index in [1.165, 1.54) is 0 Å². The third-order valence-corrected chi connectivity index (χ3v) is 4.75. The number of fused-ring (bicyclic) bond motifs is 1. The largest absolute Gasteiger partial charge is 0.396 e. The molecule has 1 aliphatic heterocycles. The highest BCUT2D eigenvalue weighted by Gasteiger charge is 2.19. The molecule has 0 bridgehead atoms. The molecule has 2 aromatic heterocycles. The minimum Gasteiger partial charge on any atom is -0.396 e. The van der Waals surface area contributed by atoms with E-state index in [9.17, 15) is 5.11 Å². The van der Waals surface area contributed by atoms with E-state index in [4.69, 9.17) is 0 Å². The first-order chi connectivity index (χ1) is 9.80. The predicted octanol–water partition coefficient (Wildman–Crippen LogP) is 1.94. The Bertz CT molecular complexity index is 578. The van der Waals surface area contributed by atoms with Gasteiger partial charge in [-0.3, -0.25) is 4.90 Å². The van der Waals surface area contributed by atoms with E-state index in [2.05, 4.69) is 31.6 Å². The van der Waals surface area contributed by atoms with Crippen molar-refractivity contribution in [2.45, 2.75) is 19.4 Å². The molecular weight excluding hydrogens is 272 g/mol. The summed E-state index contributed by atoms with van der Waals surface area (Å²) in [6.07, 6.45) is 2.13. The van der Waals surface area contributed by atoms with E-state index in [0.717, 1.165) is 54.3 Å². The van der Waals surface area contributed by atoms with Crippen LogP contribution >= 0.6 is 11.3 Å². The molecule has 3 heterocycles. The van der Waals surface area contributed by atoms with Gasteiger partial charge in [0, 0.05) is 13.7 Å². The van der Waals surface area contributed by atoms with Gasteiger partial charge in [-0.2, -0.15) is 0 Å². The number of aliphatic hydroxyl groups is 1. The van der Waals surface area contributed by atoms with Crippen LogP contribution in [0.3, 0.4) is 0 Å². The number of likely N-dealkylation sites (tertiary alicyclic amines) is 1. The van der Waals surface area contributed by atoms with Crippen molar-refractivity contribution in [2.24, 2.45) is 5.92 Å². The van der Waals surface area contributed by atoms with Gasteiger partial charge in [-0.15, -0.1) is 11.3 Å². The number of hydrogen-bond donors (Lipinski definition) is 2. The van der Waals surface area contributed by atoms with Crippen LogP contribution in [0.2, 0.25) is 0 Å². The zero-order valence-electron chi connectivity index (χ0n) is 11.7. The molecule has 1 fully saturated rings. The van der Waals surface area contributed by atoms with Crippen LogP contribution < -0.4 is 5.32 Å². The molecule has 0 aromatic carbocycles. The Morgan fingerprint density at radius 1 is 1.40 bits per heavy atom. The summed E-state index contributed by atoms with van der Waals surface area (Å²) in [6.45, 7) is 3.15. The Morgan fingerprint density at radius 3 is 2.90 bits per heavy atom. The fraction of sp³-hybridized carbons (Fsp3) is 0.571. The number of nitrogens with one attached hydrogen (secondary N) is 1. The maximum atomic E-state index is 9.18. The van der Waals surface area contributed by atoms with Crippen molar-refractivity contribution in [3.05, 3.63) is 17.3 Å². The Kier molecular flexibility index (Phi) is 4.14. The van der Waals surface area contributed by atoms with Gasteiger partial charge in [-0.1, -0.05) is 0 Å². The molecule has 1 saturated heterocycles. The monoisotopic (exact) mass is 292 g/mol. The molecule has 0 radical (unpaired) electrons. The van der Waals surface area contributed by atoms with Gasteiger partial charge in [0.05, 0.1) is 11.9 Å². The lowest BCUT2D eigenvalue weighted by Gasteiger charge is -2.30. The number of nitrogens with zero attached hydrogens (tertiary/aromatic N) is 3. The summed E-state index contributed by atoms with van der Waals surface area (Å²) >= 11 is 1.65. The van der Waals surface area contributed by atoms with Crippen molar-refractivity contribution in [3.8, 4) is 0 Å². The van der Waals surface area contributed by atoms with Crippen LogP contribution in [0.1, 0.15) is 18.7 Å². The maximum absolute atomic E-state index is 9.18. The van der Waals surface area contributed by atoms with Crippen LogP contribution in [0, 0.1) is 5.92 Å². The van der Waals surface area contributed by atoms with Crippen LogP contribution in [0.4, 0.5) is 5.82 Å². The molecule has 2 aromatic rings. The van der Waals surface area contributed by atoms with Gasteiger partial charge in [-0.05, 0) is 43.3 Å². The molecule has 0 unspecified atom stereocenters. The molecule has 108 valence electrons. The first kappa shape index (κ1) is 13.7. The second-order valence-electron chi connectivity index (χ2n) is 5.28. The fourth-order valence-corrected chi connectivity index (χ4v) is 3.47. The Hall–Kier alpha value is -1.24. The second-order valence-corrected chi connectivity index (χ2v) is 6.17. The van der Waals surface area contributed by atoms with Gasteiger partial charge in [0.15, 0.2) is 0 Å². The summed E-state index contributed by atoms with van der Waals surface area (Å²) in [5.74, 6) is 2.27. The Labute approximate surface area is 122 Å². The minimum atomic E-state index is 0.315. The van der Waals surface area contributed by atoms with Gasteiger partial charge in [-0.25, -0.2) is 9.97 Å². The van der Waals surface area contributed by atoms with Crippen LogP contribution in [0.25, 0.3) is 10.2 Å². The summed E-state index contributed by atoms with van der Waals surface area (Å²) in [7, 11) is 1.90. The van der Waals surface area contributed by atoms with E-state index in [-0.39, 0.29) is 0 Å². The minimum absolute atomic E-state index is 0.315. The molecule has 1 aliphatic rings. The number of anilines is 1. The first-order valence-electron chi connectivity index (χ1n) is 7.05.